The highest BCUT2D eigenvalue weighted by atomic mass is 32.2. The number of hydrogen-bond donors (Lipinski definition) is 2. The van der Waals surface area contributed by atoms with Gasteiger partial charge in [0.1, 0.15) is 0 Å². The lowest BCUT2D eigenvalue weighted by Gasteiger charge is -2.29. The molecule has 2 fully saturated rings. The van der Waals surface area contributed by atoms with E-state index in [2.05, 4.69) is 24.9 Å². The molecule has 148 valence electrons. The van der Waals surface area contributed by atoms with Crippen LogP contribution in [-0.2, 0) is 10.0 Å². The summed E-state index contributed by atoms with van der Waals surface area (Å²) in [5.74, 6) is 1.46. The number of rotatable bonds is 6. The molecule has 0 atom stereocenters. The lowest BCUT2D eigenvalue weighted by molar-refractivity contribution is 0.348. The molecule has 28 heavy (non-hydrogen) atoms. The van der Waals surface area contributed by atoms with Gasteiger partial charge in [0.15, 0.2) is 5.65 Å². The number of pyridine rings is 1. The minimum absolute atomic E-state index is 0.240. The van der Waals surface area contributed by atoms with Crippen molar-refractivity contribution >= 4 is 32.0 Å². The summed E-state index contributed by atoms with van der Waals surface area (Å²) in [6.45, 7) is 0.619. The molecular formula is C20H25N5O2S. The van der Waals surface area contributed by atoms with Gasteiger partial charge in [-0.15, -0.1) is 0 Å². The molecule has 0 saturated heterocycles. The molecule has 5 rings (SSSR count). The summed E-state index contributed by atoms with van der Waals surface area (Å²) in [7, 11) is -3.16. The summed E-state index contributed by atoms with van der Waals surface area (Å²) < 4.78 is 27.5. The molecule has 2 N–H and O–H groups in total. The Kier molecular flexibility index (Phi) is 4.55. The average molecular weight is 400 g/mol. The molecular weight excluding hydrogens is 374 g/mol. The fourth-order valence-corrected chi connectivity index (χ4v) is 6.04. The van der Waals surface area contributed by atoms with Crippen molar-refractivity contribution in [3.8, 4) is 0 Å². The maximum Gasteiger partial charge on any atom is 0.211 e. The minimum atomic E-state index is -3.16. The van der Waals surface area contributed by atoms with Crippen LogP contribution in [0.15, 0.2) is 24.7 Å². The van der Waals surface area contributed by atoms with Gasteiger partial charge in [0.05, 0.1) is 23.7 Å². The Morgan fingerprint density at radius 3 is 2.61 bits per heavy atom. The van der Waals surface area contributed by atoms with E-state index in [0.29, 0.717) is 18.4 Å². The maximum absolute atomic E-state index is 12.3. The zero-order chi connectivity index (χ0) is 19.1. The van der Waals surface area contributed by atoms with Gasteiger partial charge < -0.3 is 0 Å². The van der Waals surface area contributed by atoms with E-state index in [1.807, 2.05) is 12.3 Å². The van der Waals surface area contributed by atoms with Crippen molar-refractivity contribution in [3.63, 3.8) is 0 Å². The third-order valence-electron chi connectivity index (χ3n) is 6.24. The molecule has 0 spiro atoms. The number of aromatic nitrogens is 4. The number of hydrogen-bond acceptors (Lipinski definition) is 5. The summed E-state index contributed by atoms with van der Waals surface area (Å²) in [6, 6.07) is 2.01. The van der Waals surface area contributed by atoms with Crippen molar-refractivity contribution in [2.45, 2.75) is 44.4 Å². The number of sulfonamides is 1. The van der Waals surface area contributed by atoms with Crippen molar-refractivity contribution in [2.75, 3.05) is 12.3 Å². The predicted octanol–water partition coefficient (Wildman–Crippen LogP) is 3.11. The molecule has 0 amide bonds. The first-order valence-corrected chi connectivity index (χ1v) is 11.8. The summed E-state index contributed by atoms with van der Waals surface area (Å²) in [5, 5.41) is 9.57. The molecule has 7 nitrogen and oxygen atoms in total. The first kappa shape index (κ1) is 18.0. The van der Waals surface area contributed by atoms with Crippen molar-refractivity contribution in [1.29, 1.82) is 0 Å². The van der Waals surface area contributed by atoms with E-state index in [4.69, 9.17) is 0 Å². The standard InChI is InChI=1S/C20H25N5O2S/c26-28(27,24-9-13-1-2-13)12-14-3-5-15(6-4-14)17-10-23-25-18-11-22-20-16(19(17)18)7-8-21-20/h7-8,10-11,13-15,24-25H,1-6,9,12H2. The summed E-state index contributed by atoms with van der Waals surface area (Å²) in [5.41, 5.74) is 2.91. The van der Waals surface area contributed by atoms with Gasteiger partial charge in [0.25, 0.3) is 0 Å². The Morgan fingerprint density at radius 2 is 1.82 bits per heavy atom. The zero-order valence-corrected chi connectivity index (χ0v) is 16.6. The van der Waals surface area contributed by atoms with Crippen molar-refractivity contribution in [2.24, 2.45) is 11.8 Å². The number of aromatic amines is 1. The van der Waals surface area contributed by atoms with Gasteiger partial charge in [-0.1, -0.05) is 0 Å². The molecule has 0 aliphatic heterocycles. The Labute approximate surface area is 164 Å². The number of nitrogens with zero attached hydrogens (tertiary/aromatic N) is 3. The Morgan fingerprint density at radius 1 is 1.04 bits per heavy atom. The van der Waals surface area contributed by atoms with Crippen LogP contribution >= 0.6 is 0 Å². The van der Waals surface area contributed by atoms with E-state index < -0.39 is 10.0 Å². The van der Waals surface area contributed by atoms with E-state index in [-0.39, 0.29) is 11.7 Å². The molecule has 3 heterocycles. The van der Waals surface area contributed by atoms with Crippen LogP contribution in [0, 0.1) is 11.8 Å². The molecule has 2 aliphatic carbocycles. The third kappa shape index (κ3) is 3.63. The van der Waals surface area contributed by atoms with Gasteiger partial charge in [-0.3, -0.25) is 5.10 Å². The highest BCUT2D eigenvalue weighted by Gasteiger charge is 2.29. The smallest absolute Gasteiger partial charge is 0.211 e. The van der Waals surface area contributed by atoms with Gasteiger partial charge in [-0.2, -0.15) is 5.10 Å². The molecule has 2 saturated carbocycles. The van der Waals surface area contributed by atoms with Gasteiger partial charge in [0.2, 0.25) is 10.0 Å². The molecule has 8 heteroatoms. The van der Waals surface area contributed by atoms with E-state index in [9.17, 15) is 8.42 Å². The van der Waals surface area contributed by atoms with Crippen LogP contribution in [0.2, 0.25) is 0 Å². The average Bonchev–Trinajstić information content (AvgIpc) is 3.41. The van der Waals surface area contributed by atoms with E-state index in [1.165, 1.54) is 5.56 Å². The van der Waals surface area contributed by atoms with E-state index in [1.54, 1.807) is 12.4 Å². The molecule has 0 aromatic carbocycles. The number of fused-ring (bicyclic) bond motifs is 3. The van der Waals surface area contributed by atoms with Crippen molar-refractivity contribution in [1.82, 2.24) is 24.9 Å². The second kappa shape index (κ2) is 7.08. The van der Waals surface area contributed by atoms with Crippen LogP contribution in [0.3, 0.4) is 0 Å². The quantitative estimate of drug-likeness (QED) is 0.663. The molecule has 3 aromatic rings. The molecule has 0 radical (unpaired) electrons. The molecule has 0 bridgehead atoms. The van der Waals surface area contributed by atoms with Crippen LogP contribution in [0.5, 0.6) is 0 Å². The van der Waals surface area contributed by atoms with E-state index >= 15 is 0 Å². The van der Waals surface area contributed by atoms with Gasteiger partial charge >= 0.3 is 0 Å². The number of nitrogens with one attached hydrogen (secondary N) is 2. The van der Waals surface area contributed by atoms with Gasteiger partial charge in [-0.05, 0) is 67.9 Å². The summed E-state index contributed by atoms with van der Waals surface area (Å²) in [6.07, 6.45) is 11.7. The SMILES string of the molecule is O=S(=O)(CC1CCC(c2cn[nH]c3cnc4nccc4c23)CC1)NCC1CC1. The van der Waals surface area contributed by atoms with E-state index in [0.717, 1.165) is 60.5 Å². The lowest BCUT2D eigenvalue weighted by Crippen LogP contribution is -2.32. The van der Waals surface area contributed by atoms with Crippen molar-refractivity contribution < 1.29 is 8.42 Å². The zero-order valence-electron chi connectivity index (χ0n) is 15.8. The van der Waals surface area contributed by atoms with Crippen LogP contribution in [0.4, 0.5) is 0 Å². The van der Waals surface area contributed by atoms with Crippen LogP contribution in [-0.4, -0.2) is 40.9 Å². The van der Waals surface area contributed by atoms with Crippen LogP contribution < -0.4 is 4.72 Å². The topological polar surface area (TPSA) is 101 Å². The molecule has 3 aromatic heterocycles. The fraction of sp³-hybridized carbons (Fsp3) is 0.550. The fourth-order valence-electron chi connectivity index (χ4n) is 4.48. The highest BCUT2D eigenvalue weighted by Crippen LogP contribution is 2.39. The monoisotopic (exact) mass is 399 g/mol. The Bertz CT molecular complexity index is 1100. The van der Waals surface area contributed by atoms with Crippen LogP contribution in [0.25, 0.3) is 21.9 Å². The van der Waals surface area contributed by atoms with Crippen LogP contribution in [0.1, 0.15) is 50.0 Å². The van der Waals surface area contributed by atoms with Crippen molar-refractivity contribution in [3.05, 3.63) is 30.2 Å². The second-order valence-corrected chi connectivity index (χ2v) is 10.2. The second-order valence-electron chi connectivity index (χ2n) is 8.35. The number of H-pyrrole nitrogens is 1. The molecule has 0 unspecified atom stereocenters. The highest BCUT2D eigenvalue weighted by molar-refractivity contribution is 7.89. The normalized spacial score (nSPS) is 23.4. The minimum Gasteiger partial charge on any atom is -0.276 e. The first-order valence-electron chi connectivity index (χ1n) is 10.1. The maximum atomic E-state index is 12.3. The summed E-state index contributed by atoms with van der Waals surface area (Å²) in [4.78, 5) is 8.71. The lowest BCUT2D eigenvalue weighted by atomic mass is 9.79. The Hall–Kier alpha value is -2.06. The van der Waals surface area contributed by atoms with Gasteiger partial charge in [0, 0.05) is 23.5 Å². The largest absolute Gasteiger partial charge is 0.276 e. The van der Waals surface area contributed by atoms with Gasteiger partial charge in [-0.25, -0.2) is 23.1 Å². The predicted molar refractivity (Wildman–Crippen MR) is 108 cm³/mol. The summed E-state index contributed by atoms with van der Waals surface area (Å²) >= 11 is 0. The third-order valence-corrected chi connectivity index (χ3v) is 7.76. The molecule has 2 aliphatic rings. The Balaban J connectivity index is 1.31. The first-order chi connectivity index (χ1) is 13.6.